The van der Waals surface area contributed by atoms with Crippen LogP contribution < -0.4 is 0 Å². The van der Waals surface area contributed by atoms with Gasteiger partial charge in [-0.25, -0.2) is 4.98 Å². The summed E-state index contributed by atoms with van der Waals surface area (Å²) < 4.78 is 6.07. The normalized spacial score (nSPS) is 11.0. The van der Waals surface area contributed by atoms with Gasteiger partial charge in [0.25, 0.3) is 0 Å². The number of imidazole rings is 1. The zero-order valence-corrected chi connectivity index (χ0v) is 14.4. The van der Waals surface area contributed by atoms with Gasteiger partial charge in [-0.1, -0.05) is 55.5 Å². The number of hydrogen-bond donors (Lipinski definition) is 1. The minimum atomic E-state index is 0.752. The molecule has 0 radical (unpaired) electrons. The lowest BCUT2D eigenvalue weighted by Crippen LogP contribution is -1.81. The SMILES string of the molecule is CCc1cccc(-c2ccc(-c3nc(-c4ccccc4)c(C)[nH]3)o2)c1. The smallest absolute Gasteiger partial charge is 0.174 e. The van der Waals surface area contributed by atoms with Gasteiger partial charge in [-0.05, 0) is 37.1 Å². The van der Waals surface area contributed by atoms with Crippen LogP contribution in [0.3, 0.4) is 0 Å². The van der Waals surface area contributed by atoms with Crippen LogP contribution in [0.2, 0.25) is 0 Å². The van der Waals surface area contributed by atoms with Crippen molar-refractivity contribution in [1.29, 1.82) is 0 Å². The molecule has 3 nitrogen and oxygen atoms in total. The Balaban J connectivity index is 1.69. The van der Waals surface area contributed by atoms with Crippen molar-refractivity contribution >= 4 is 0 Å². The molecule has 4 rings (SSSR count). The molecule has 0 amide bonds. The lowest BCUT2D eigenvalue weighted by Gasteiger charge is -2.00. The predicted octanol–water partition coefficient (Wildman–Crippen LogP) is 5.87. The van der Waals surface area contributed by atoms with Crippen molar-refractivity contribution in [1.82, 2.24) is 9.97 Å². The fraction of sp³-hybridized carbons (Fsp3) is 0.136. The molecule has 0 aliphatic heterocycles. The highest BCUT2D eigenvalue weighted by atomic mass is 16.3. The van der Waals surface area contributed by atoms with E-state index in [1.54, 1.807) is 0 Å². The van der Waals surface area contributed by atoms with Crippen LogP contribution in [-0.2, 0) is 6.42 Å². The molecule has 1 N–H and O–H groups in total. The summed E-state index contributed by atoms with van der Waals surface area (Å²) in [5, 5.41) is 0. The quantitative estimate of drug-likeness (QED) is 0.508. The fourth-order valence-electron chi connectivity index (χ4n) is 3.02. The molecule has 4 aromatic rings. The van der Waals surface area contributed by atoms with Crippen molar-refractivity contribution < 1.29 is 4.42 Å². The number of nitrogens with zero attached hydrogens (tertiary/aromatic N) is 1. The topological polar surface area (TPSA) is 41.8 Å². The third-order valence-electron chi connectivity index (χ3n) is 4.39. The molecule has 3 heteroatoms. The average molecular weight is 328 g/mol. The summed E-state index contributed by atoms with van der Waals surface area (Å²) in [5.41, 5.74) is 5.49. The molecule has 0 aliphatic carbocycles. The molecule has 0 saturated heterocycles. The number of aromatic nitrogens is 2. The standard InChI is InChI=1S/C22H20N2O/c1-3-16-8-7-11-18(14-16)19-12-13-20(25-19)22-23-15(2)21(24-22)17-9-5-4-6-10-17/h4-14H,3H2,1-2H3,(H,23,24). The van der Waals surface area contributed by atoms with Gasteiger partial charge in [0.05, 0.1) is 5.69 Å². The van der Waals surface area contributed by atoms with Crippen molar-refractivity contribution in [3.05, 3.63) is 78.0 Å². The maximum absolute atomic E-state index is 6.07. The van der Waals surface area contributed by atoms with Crippen LogP contribution >= 0.6 is 0 Å². The summed E-state index contributed by atoms with van der Waals surface area (Å²) in [6.45, 7) is 4.19. The first-order valence-corrected chi connectivity index (χ1v) is 8.56. The van der Waals surface area contributed by atoms with E-state index < -0.39 is 0 Å². The number of benzene rings is 2. The van der Waals surface area contributed by atoms with E-state index in [0.29, 0.717) is 0 Å². The molecule has 2 aromatic heterocycles. The number of aromatic amines is 1. The zero-order chi connectivity index (χ0) is 17.2. The van der Waals surface area contributed by atoms with Crippen molar-refractivity contribution in [3.63, 3.8) is 0 Å². The summed E-state index contributed by atoms with van der Waals surface area (Å²) in [4.78, 5) is 8.08. The van der Waals surface area contributed by atoms with E-state index in [2.05, 4.69) is 48.3 Å². The Labute approximate surface area is 147 Å². The zero-order valence-electron chi connectivity index (χ0n) is 14.4. The Bertz CT molecular complexity index is 996. The van der Waals surface area contributed by atoms with Crippen LogP contribution in [-0.4, -0.2) is 9.97 Å². The summed E-state index contributed by atoms with van der Waals surface area (Å²) in [6.07, 6.45) is 1.01. The molecule has 2 aromatic carbocycles. The molecular formula is C22H20N2O. The van der Waals surface area contributed by atoms with Gasteiger partial charge in [0.2, 0.25) is 0 Å². The van der Waals surface area contributed by atoms with Crippen LogP contribution in [0.1, 0.15) is 18.2 Å². The van der Waals surface area contributed by atoms with E-state index in [9.17, 15) is 0 Å². The number of H-pyrrole nitrogens is 1. The Kier molecular flexibility index (Phi) is 3.98. The minimum Gasteiger partial charge on any atom is -0.453 e. The fourth-order valence-corrected chi connectivity index (χ4v) is 3.02. The van der Waals surface area contributed by atoms with Gasteiger partial charge in [-0.2, -0.15) is 0 Å². The molecule has 0 unspecified atom stereocenters. The van der Waals surface area contributed by atoms with Gasteiger partial charge in [-0.15, -0.1) is 0 Å². The highest BCUT2D eigenvalue weighted by Gasteiger charge is 2.14. The van der Waals surface area contributed by atoms with Crippen LogP contribution in [0, 0.1) is 6.92 Å². The number of furan rings is 1. The lowest BCUT2D eigenvalue weighted by molar-refractivity contribution is 0.593. The first kappa shape index (κ1) is 15.5. The van der Waals surface area contributed by atoms with Crippen LogP contribution in [0.4, 0.5) is 0 Å². The van der Waals surface area contributed by atoms with Crippen molar-refractivity contribution in [2.45, 2.75) is 20.3 Å². The highest BCUT2D eigenvalue weighted by molar-refractivity contribution is 5.67. The van der Waals surface area contributed by atoms with Crippen LogP contribution in [0.15, 0.2) is 71.1 Å². The average Bonchev–Trinajstić information content (AvgIpc) is 3.29. The molecule has 2 heterocycles. The summed E-state index contributed by atoms with van der Waals surface area (Å²) in [6, 6.07) is 22.6. The number of rotatable bonds is 4. The number of hydrogen-bond acceptors (Lipinski definition) is 2. The predicted molar refractivity (Wildman–Crippen MR) is 101 cm³/mol. The van der Waals surface area contributed by atoms with Crippen molar-refractivity contribution in [3.8, 4) is 34.2 Å². The van der Waals surface area contributed by atoms with Gasteiger partial charge in [0, 0.05) is 16.8 Å². The molecule has 25 heavy (non-hydrogen) atoms. The van der Waals surface area contributed by atoms with E-state index in [4.69, 9.17) is 9.40 Å². The van der Waals surface area contributed by atoms with Crippen LogP contribution in [0.25, 0.3) is 34.2 Å². The first-order chi connectivity index (χ1) is 12.2. The molecule has 124 valence electrons. The lowest BCUT2D eigenvalue weighted by atomic mass is 10.1. The van der Waals surface area contributed by atoms with E-state index >= 15 is 0 Å². The Hall–Kier alpha value is -3.07. The molecule has 0 fully saturated rings. The second-order valence-corrected chi connectivity index (χ2v) is 6.14. The molecule has 0 saturated carbocycles. The van der Waals surface area contributed by atoms with E-state index in [1.165, 1.54) is 5.56 Å². The summed E-state index contributed by atoms with van der Waals surface area (Å²) >= 11 is 0. The van der Waals surface area contributed by atoms with Crippen molar-refractivity contribution in [2.24, 2.45) is 0 Å². The maximum Gasteiger partial charge on any atom is 0.174 e. The molecule has 0 aliphatic rings. The minimum absolute atomic E-state index is 0.752. The summed E-state index contributed by atoms with van der Waals surface area (Å²) in [5.74, 6) is 2.37. The monoisotopic (exact) mass is 328 g/mol. The second kappa shape index (κ2) is 6.44. The van der Waals surface area contributed by atoms with E-state index in [0.717, 1.165) is 46.3 Å². The van der Waals surface area contributed by atoms with E-state index in [-0.39, 0.29) is 0 Å². The van der Waals surface area contributed by atoms with Gasteiger partial charge in [0.15, 0.2) is 11.6 Å². The van der Waals surface area contributed by atoms with E-state index in [1.807, 2.05) is 37.3 Å². The Morgan fingerprint density at radius 2 is 1.64 bits per heavy atom. The van der Waals surface area contributed by atoms with Crippen molar-refractivity contribution in [2.75, 3.05) is 0 Å². The summed E-state index contributed by atoms with van der Waals surface area (Å²) in [7, 11) is 0. The van der Waals surface area contributed by atoms with Gasteiger partial charge in [0.1, 0.15) is 5.76 Å². The van der Waals surface area contributed by atoms with Gasteiger partial charge >= 0.3 is 0 Å². The second-order valence-electron chi connectivity index (χ2n) is 6.14. The third kappa shape index (κ3) is 3.01. The van der Waals surface area contributed by atoms with Crippen LogP contribution in [0.5, 0.6) is 0 Å². The molecule has 0 bridgehead atoms. The van der Waals surface area contributed by atoms with Gasteiger partial charge in [-0.3, -0.25) is 0 Å². The maximum atomic E-state index is 6.07. The number of aryl methyl sites for hydroxylation is 2. The Morgan fingerprint density at radius 3 is 2.44 bits per heavy atom. The largest absolute Gasteiger partial charge is 0.453 e. The first-order valence-electron chi connectivity index (χ1n) is 8.56. The van der Waals surface area contributed by atoms with Gasteiger partial charge < -0.3 is 9.40 Å². The third-order valence-corrected chi connectivity index (χ3v) is 4.39. The molecule has 0 atom stereocenters. The number of nitrogens with one attached hydrogen (secondary N) is 1. The Morgan fingerprint density at radius 1 is 0.880 bits per heavy atom. The highest BCUT2D eigenvalue weighted by Crippen LogP contribution is 2.30. The molecule has 0 spiro atoms. The molecular weight excluding hydrogens is 308 g/mol.